The maximum absolute atomic E-state index is 4.70. The first-order chi connectivity index (χ1) is 14.1. The minimum Gasteiger partial charge on any atom is -0.256 e. The number of aromatic nitrogens is 1. The summed E-state index contributed by atoms with van der Waals surface area (Å²) in [7, 11) is 2.51. The molecule has 0 N–H and O–H groups in total. The molecule has 29 heavy (non-hydrogen) atoms. The van der Waals surface area contributed by atoms with Crippen molar-refractivity contribution in [3.8, 4) is 22.4 Å². The second-order valence-electron chi connectivity index (χ2n) is 9.17. The molecule has 1 aliphatic carbocycles. The first kappa shape index (κ1) is 19.9. The second-order valence-corrected chi connectivity index (χ2v) is 9.17. The molecular formula is C27H32BN. The van der Waals surface area contributed by atoms with Crippen molar-refractivity contribution in [1.82, 2.24) is 4.98 Å². The molecule has 148 valence electrons. The highest BCUT2D eigenvalue weighted by Crippen LogP contribution is 2.46. The molecule has 1 fully saturated rings. The highest BCUT2D eigenvalue weighted by atomic mass is 14.7. The SMILES string of the molecule is BC1(c2ccc(-c3ccc(-c4ccccc4)nc3)cc2)CC(C)CCC1CCC. The van der Waals surface area contributed by atoms with Gasteiger partial charge >= 0.3 is 0 Å². The third-order valence-corrected chi connectivity index (χ3v) is 7.03. The van der Waals surface area contributed by atoms with E-state index in [1.165, 1.54) is 48.8 Å². The minimum atomic E-state index is 0.307. The average Bonchev–Trinajstić information content (AvgIpc) is 2.77. The lowest BCUT2D eigenvalue weighted by atomic mass is 9.49. The van der Waals surface area contributed by atoms with Crippen LogP contribution >= 0.6 is 0 Å². The molecule has 3 atom stereocenters. The monoisotopic (exact) mass is 381 g/mol. The van der Waals surface area contributed by atoms with E-state index in [9.17, 15) is 0 Å². The molecule has 2 heteroatoms. The summed E-state index contributed by atoms with van der Waals surface area (Å²) >= 11 is 0. The number of nitrogens with zero attached hydrogens (tertiary/aromatic N) is 1. The molecule has 0 saturated heterocycles. The number of rotatable bonds is 5. The average molecular weight is 381 g/mol. The van der Waals surface area contributed by atoms with Gasteiger partial charge in [0, 0.05) is 17.3 Å². The molecular weight excluding hydrogens is 349 g/mol. The highest BCUT2D eigenvalue weighted by molar-refractivity contribution is 6.16. The van der Waals surface area contributed by atoms with Crippen LogP contribution in [0.1, 0.15) is 51.5 Å². The molecule has 1 nitrogen and oxygen atoms in total. The van der Waals surface area contributed by atoms with Crippen LogP contribution in [0.5, 0.6) is 0 Å². The number of hydrogen-bond donors (Lipinski definition) is 0. The highest BCUT2D eigenvalue weighted by Gasteiger charge is 2.39. The Hall–Kier alpha value is -2.35. The van der Waals surface area contributed by atoms with Crippen LogP contribution in [0.15, 0.2) is 72.9 Å². The van der Waals surface area contributed by atoms with Crippen molar-refractivity contribution in [2.45, 2.75) is 51.3 Å². The molecule has 1 aromatic heterocycles. The summed E-state index contributed by atoms with van der Waals surface area (Å²) in [4.78, 5) is 4.70. The Morgan fingerprint density at radius 3 is 2.28 bits per heavy atom. The van der Waals surface area contributed by atoms with E-state index in [1.54, 1.807) is 0 Å². The molecule has 0 bridgehead atoms. The lowest BCUT2D eigenvalue weighted by Crippen LogP contribution is -2.41. The summed E-state index contributed by atoms with van der Waals surface area (Å²) in [5, 5.41) is 0.307. The Bertz CT molecular complexity index is 917. The summed E-state index contributed by atoms with van der Waals surface area (Å²) in [5.41, 5.74) is 6.14. The van der Waals surface area contributed by atoms with E-state index in [-0.39, 0.29) is 0 Å². The van der Waals surface area contributed by atoms with Gasteiger partial charge < -0.3 is 0 Å². The van der Waals surface area contributed by atoms with Crippen molar-refractivity contribution in [3.05, 3.63) is 78.5 Å². The van der Waals surface area contributed by atoms with Gasteiger partial charge in [0.25, 0.3) is 0 Å². The molecule has 1 aliphatic rings. The van der Waals surface area contributed by atoms with Crippen LogP contribution < -0.4 is 0 Å². The topological polar surface area (TPSA) is 12.9 Å². The molecule has 2 aromatic carbocycles. The molecule has 1 heterocycles. The molecule has 0 radical (unpaired) electrons. The van der Waals surface area contributed by atoms with E-state index in [2.05, 4.69) is 82.4 Å². The predicted molar refractivity (Wildman–Crippen MR) is 127 cm³/mol. The van der Waals surface area contributed by atoms with Gasteiger partial charge in [0.2, 0.25) is 0 Å². The van der Waals surface area contributed by atoms with Gasteiger partial charge in [0.05, 0.1) is 5.69 Å². The van der Waals surface area contributed by atoms with Gasteiger partial charge in [-0.3, -0.25) is 4.98 Å². The first-order valence-corrected chi connectivity index (χ1v) is 11.2. The summed E-state index contributed by atoms with van der Waals surface area (Å²) in [5.74, 6) is 1.63. The van der Waals surface area contributed by atoms with E-state index in [4.69, 9.17) is 4.98 Å². The largest absolute Gasteiger partial charge is 0.256 e. The number of pyridine rings is 1. The summed E-state index contributed by atoms with van der Waals surface area (Å²) in [6, 6.07) is 24.0. The summed E-state index contributed by atoms with van der Waals surface area (Å²) < 4.78 is 0. The zero-order valence-corrected chi connectivity index (χ0v) is 18.1. The molecule has 0 amide bonds. The van der Waals surface area contributed by atoms with Crippen molar-refractivity contribution in [2.24, 2.45) is 11.8 Å². The van der Waals surface area contributed by atoms with Crippen LogP contribution in [0.2, 0.25) is 0 Å². The Balaban J connectivity index is 1.57. The lowest BCUT2D eigenvalue weighted by Gasteiger charge is -2.45. The molecule has 4 rings (SSSR count). The van der Waals surface area contributed by atoms with E-state index >= 15 is 0 Å². The van der Waals surface area contributed by atoms with Crippen molar-refractivity contribution in [3.63, 3.8) is 0 Å². The predicted octanol–water partition coefficient (Wildman–Crippen LogP) is 6.48. The minimum absolute atomic E-state index is 0.307. The van der Waals surface area contributed by atoms with Crippen LogP contribution in [-0.4, -0.2) is 12.8 Å². The Morgan fingerprint density at radius 2 is 1.62 bits per heavy atom. The zero-order chi connectivity index (χ0) is 20.3. The first-order valence-electron chi connectivity index (χ1n) is 11.2. The molecule has 0 spiro atoms. The fraction of sp³-hybridized carbons (Fsp3) is 0.370. The van der Waals surface area contributed by atoms with Crippen LogP contribution in [0, 0.1) is 11.8 Å². The molecule has 3 unspecified atom stereocenters. The van der Waals surface area contributed by atoms with E-state index in [1.807, 2.05) is 12.3 Å². The van der Waals surface area contributed by atoms with Crippen LogP contribution in [0.4, 0.5) is 0 Å². The van der Waals surface area contributed by atoms with Crippen LogP contribution in [0.3, 0.4) is 0 Å². The third kappa shape index (κ3) is 4.17. The normalized spacial score (nSPS) is 24.3. The van der Waals surface area contributed by atoms with Crippen molar-refractivity contribution >= 4 is 7.85 Å². The summed E-state index contributed by atoms with van der Waals surface area (Å²) in [6.07, 6.45) is 8.70. The smallest absolute Gasteiger partial charge is 0.115 e. The standard InChI is InChI=1S/C27H32BN/c1-3-7-24-14-10-20(2)18-27(24,28)25-15-11-21(12-16-25)23-13-17-26(29-19-23)22-8-5-4-6-9-22/h4-6,8-9,11-13,15-17,19-20,24H,3,7,10,14,18,28H2,1-2H3. The van der Waals surface area contributed by atoms with E-state index in [0.29, 0.717) is 5.31 Å². The fourth-order valence-electron chi connectivity index (χ4n) is 5.35. The van der Waals surface area contributed by atoms with Gasteiger partial charge in [-0.15, -0.1) is 0 Å². The molecule has 0 aliphatic heterocycles. The maximum atomic E-state index is 4.70. The van der Waals surface area contributed by atoms with Gasteiger partial charge in [-0.2, -0.15) is 0 Å². The lowest BCUT2D eigenvalue weighted by molar-refractivity contribution is 0.202. The Kier molecular flexibility index (Phi) is 5.90. The number of benzene rings is 2. The Labute approximate surface area is 177 Å². The second kappa shape index (κ2) is 8.57. The Morgan fingerprint density at radius 1 is 0.897 bits per heavy atom. The van der Waals surface area contributed by atoms with E-state index in [0.717, 1.165) is 23.1 Å². The van der Waals surface area contributed by atoms with Gasteiger partial charge in [-0.05, 0) is 40.8 Å². The zero-order valence-electron chi connectivity index (χ0n) is 18.1. The van der Waals surface area contributed by atoms with Crippen molar-refractivity contribution in [2.75, 3.05) is 0 Å². The number of hydrogen-bond acceptors (Lipinski definition) is 1. The van der Waals surface area contributed by atoms with Crippen LogP contribution in [0.25, 0.3) is 22.4 Å². The van der Waals surface area contributed by atoms with Crippen molar-refractivity contribution in [1.29, 1.82) is 0 Å². The quantitative estimate of drug-likeness (QED) is 0.461. The molecule has 3 aromatic rings. The van der Waals surface area contributed by atoms with Gasteiger partial charge in [0.15, 0.2) is 0 Å². The van der Waals surface area contributed by atoms with Gasteiger partial charge in [0.1, 0.15) is 7.85 Å². The van der Waals surface area contributed by atoms with E-state index < -0.39 is 0 Å². The summed E-state index contributed by atoms with van der Waals surface area (Å²) in [6.45, 7) is 4.75. The van der Waals surface area contributed by atoms with Gasteiger partial charge in [-0.25, -0.2) is 0 Å². The fourth-order valence-corrected chi connectivity index (χ4v) is 5.35. The maximum Gasteiger partial charge on any atom is 0.115 e. The third-order valence-electron chi connectivity index (χ3n) is 7.03. The van der Waals surface area contributed by atoms with Gasteiger partial charge in [-0.1, -0.05) is 100 Å². The molecule has 1 saturated carbocycles. The van der Waals surface area contributed by atoms with Crippen molar-refractivity contribution < 1.29 is 0 Å². The van der Waals surface area contributed by atoms with Crippen LogP contribution in [-0.2, 0) is 5.31 Å².